The molecule has 0 aromatic heterocycles. The van der Waals surface area contributed by atoms with E-state index in [1.54, 1.807) is 24.3 Å². The summed E-state index contributed by atoms with van der Waals surface area (Å²) in [7, 11) is 0. The summed E-state index contributed by atoms with van der Waals surface area (Å²) in [5.74, 6) is -0.494. The summed E-state index contributed by atoms with van der Waals surface area (Å²) in [4.78, 5) is 10.8. The maximum absolute atomic E-state index is 10.8. The van der Waals surface area contributed by atoms with Crippen molar-refractivity contribution in [3.05, 3.63) is 35.4 Å². The first-order valence-corrected chi connectivity index (χ1v) is 3.91. The number of primary amides is 1. The molecule has 4 nitrogen and oxygen atoms in total. The number of rotatable bonds is 3. The summed E-state index contributed by atoms with van der Waals surface area (Å²) in [5, 5.41) is 8.78. The molecule has 0 fully saturated rings. The first-order valence-electron chi connectivity index (χ1n) is 3.91. The lowest BCUT2D eigenvalue weighted by molar-refractivity contribution is 0.1000. The van der Waals surface area contributed by atoms with Gasteiger partial charge in [0.05, 0.1) is 12.6 Å². The van der Waals surface area contributed by atoms with Crippen LogP contribution in [0.2, 0.25) is 0 Å². The number of carbonyl (C=O) groups excluding carboxylic acids is 1. The maximum atomic E-state index is 10.8. The van der Waals surface area contributed by atoms with Crippen LogP contribution in [0.1, 0.15) is 22.0 Å². The van der Waals surface area contributed by atoms with Crippen LogP contribution in [-0.2, 0) is 0 Å². The zero-order chi connectivity index (χ0) is 9.84. The SMILES string of the molecule is NC(=O)c1cccc(C(N)CO)c1. The first kappa shape index (κ1) is 9.70. The lowest BCUT2D eigenvalue weighted by atomic mass is 10.1. The van der Waals surface area contributed by atoms with Crippen molar-refractivity contribution in [3.8, 4) is 0 Å². The van der Waals surface area contributed by atoms with Crippen molar-refractivity contribution in [2.75, 3.05) is 6.61 Å². The Kier molecular flexibility index (Phi) is 3.00. The Labute approximate surface area is 76.2 Å². The van der Waals surface area contributed by atoms with E-state index in [4.69, 9.17) is 16.6 Å². The van der Waals surface area contributed by atoms with Gasteiger partial charge in [-0.1, -0.05) is 12.1 Å². The molecule has 0 heterocycles. The van der Waals surface area contributed by atoms with Crippen LogP contribution in [0.5, 0.6) is 0 Å². The second kappa shape index (κ2) is 4.02. The van der Waals surface area contributed by atoms with Gasteiger partial charge in [-0.05, 0) is 17.7 Å². The van der Waals surface area contributed by atoms with Gasteiger partial charge in [0.2, 0.25) is 5.91 Å². The zero-order valence-corrected chi connectivity index (χ0v) is 7.10. The Morgan fingerprint density at radius 1 is 1.54 bits per heavy atom. The molecular formula is C9H12N2O2. The van der Waals surface area contributed by atoms with Gasteiger partial charge in [-0.15, -0.1) is 0 Å². The van der Waals surface area contributed by atoms with Gasteiger partial charge >= 0.3 is 0 Å². The molecule has 1 atom stereocenters. The minimum Gasteiger partial charge on any atom is -0.394 e. The van der Waals surface area contributed by atoms with Gasteiger partial charge in [0, 0.05) is 5.56 Å². The van der Waals surface area contributed by atoms with Crippen molar-refractivity contribution in [2.24, 2.45) is 11.5 Å². The predicted octanol–water partition coefficient (Wildman–Crippen LogP) is -0.222. The van der Waals surface area contributed by atoms with E-state index < -0.39 is 11.9 Å². The smallest absolute Gasteiger partial charge is 0.248 e. The van der Waals surface area contributed by atoms with E-state index >= 15 is 0 Å². The number of aliphatic hydroxyl groups excluding tert-OH is 1. The quantitative estimate of drug-likeness (QED) is 0.600. The normalized spacial score (nSPS) is 12.5. The number of nitrogens with two attached hydrogens (primary N) is 2. The second-order valence-electron chi connectivity index (χ2n) is 2.78. The topological polar surface area (TPSA) is 89.3 Å². The Morgan fingerprint density at radius 2 is 2.23 bits per heavy atom. The van der Waals surface area contributed by atoms with Gasteiger partial charge in [0.15, 0.2) is 0 Å². The standard InChI is InChI=1S/C9H12N2O2/c10-8(5-12)6-2-1-3-7(4-6)9(11)13/h1-4,8,12H,5,10H2,(H2,11,13). The third-order valence-electron chi connectivity index (χ3n) is 1.80. The number of aliphatic hydroxyl groups is 1. The van der Waals surface area contributed by atoms with Crippen LogP contribution < -0.4 is 11.5 Å². The highest BCUT2D eigenvalue weighted by molar-refractivity contribution is 5.92. The number of carbonyl (C=O) groups is 1. The average Bonchev–Trinajstić information content (AvgIpc) is 2.17. The summed E-state index contributed by atoms with van der Waals surface area (Å²) < 4.78 is 0. The van der Waals surface area contributed by atoms with E-state index in [1.807, 2.05) is 0 Å². The molecule has 0 aliphatic heterocycles. The van der Waals surface area contributed by atoms with Gasteiger partial charge < -0.3 is 16.6 Å². The molecule has 13 heavy (non-hydrogen) atoms. The Balaban J connectivity index is 2.98. The van der Waals surface area contributed by atoms with E-state index in [2.05, 4.69) is 0 Å². The van der Waals surface area contributed by atoms with Crippen molar-refractivity contribution in [2.45, 2.75) is 6.04 Å². The third kappa shape index (κ3) is 2.27. The van der Waals surface area contributed by atoms with Crippen LogP contribution in [0, 0.1) is 0 Å². The highest BCUT2D eigenvalue weighted by atomic mass is 16.3. The van der Waals surface area contributed by atoms with Crippen LogP contribution in [0.4, 0.5) is 0 Å². The molecule has 0 spiro atoms. The van der Waals surface area contributed by atoms with Gasteiger partial charge in [0.1, 0.15) is 0 Å². The molecule has 0 saturated carbocycles. The average molecular weight is 180 g/mol. The summed E-state index contributed by atoms with van der Waals surface area (Å²) in [6.07, 6.45) is 0. The Hall–Kier alpha value is -1.39. The van der Waals surface area contributed by atoms with Crippen molar-refractivity contribution in [3.63, 3.8) is 0 Å². The zero-order valence-electron chi connectivity index (χ0n) is 7.10. The molecule has 1 aromatic rings. The van der Waals surface area contributed by atoms with Crippen LogP contribution in [0.25, 0.3) is 0 Å². The summed E-state index contributed by atoms with van der Waals surface area (Å²) in [5.41, 5.74) is 11.8. The summed E-state index contributed by atoms with van der Waals surface area (Å²) in [6.45, 7) is -0.151. The molecule has 0 aliphatic rings. The van der Waals surface area contributed by atoms with E-state index in [-0.39, 0.29) is 6.61 Å². The summed E-state index contributed by atoms with van der Waals surface area (Å²) >= 11 is 0. The van der Waals surface area contributed by atoms with E-state index in [1.165, 1.54) is 0 Å². The fourth-order valence-corrected chi connectivity index (χ4v) is 1.03. The fraction of sp³-hybridized carbons (Fsp3) is 0.222. The van der Waals surface area contributed by atoms with Gasteiger partial charge in [-0.3, -0.25) is 4.79 Å². The molecule has 70 valence electrons. The van der Waals surface area contributed by atoms with E-state index in [0.29, 0.717) is 11.1 Å². The lowest BCUT2D eigenvalue weighted by Gasteiger charge is -2.08. The molecule has 1 unspecified atom stereocenters. The van der Waals surface area contributed by atoms with Crippen LogP contribution in [0.3, 0.4) is 0 Å². The Morgan fingerprint density at radius 3 is 2.77 bits per heavy atom. The van der Waals surface area contributed by atoms with Crippen molar-refractivity contribution < 1.29 is 9.90 Å². The minimum atomic E-state index is -0.494. The Bertz CT molecular complexity index is 312. The van der Waals surface area contributed by atoms with Gasteiger partial charge in [-0.25, -0.2) is 0 Å². The fourth-order valence-electron chi connectivity index (χ4n) is 1.03. The monoisotopic (exact) mass is 180 g/mol. The molecule has 0 bridgehead atoms. The molecule has 0 aliphatic carbocycles. The molecule has 4 heteroatoms. The largest absolute Gasteiger partial charge is 0.394 e. The predicted molar refractivity (Wildman–Crippen MR) is 49.0 cm³/mol. The highest BCUT2D eigenvalue weighted by Crippen LogP contribution is 2.11. The molecular weight excluding hydrogens is 168 g/mol. The number of benzene rings is 1. The van der Waals surface area contributed by atoms with Gasteiger partial charge in [-0.2, -0.15) is 0 Å². The minimum absolute atomic E-state index is 0.151. The van der Waals surface area contributed by atoms with Crippen LogP contribution in [0.15, 0.2) is 24.3 Å². The molecule has 1 rings (SSSR count). The lowest BCUT2D eigenvalue weighted by Crippen LogP contribution is -2.16. The number of hydrogen-bond acceptors (Lipinski definition) is 3. The number of hydrogen-bond donors (Lipinski definition) is 3. The van der Waals surface area contributed by atoms with Crippen LogP contribution >= 0.6 is 0 Å². The molecule has 1 amide bonds. The van der Waals surface area contributed by atoms with E-state index in [0.717, 1.165) is 0 Å². The summed E-state index contributed by atoms with van der Waals surface area (Å²) in [6, 6.07) is 6.16. The van der Waals surface area contributed by atoms with Crippen LogP contribution in [-0.4, -0.2) is 17.6 Å². The second-order valence-corrected chi connectivity index (χ2v) is 2.78. The maximum Gasteiger partial charge on any atom is 0.248 e. The molecule has 1 aromatic carbocycles. The number of amides is 1. The van der Waals surface area contributed by atoms with Crippen molar-refractivity contribution in [1.29, 1.82) is 0 Å². The third-order valence-corrected chi connectivity index (χ3v) is 1.80. The molecule has 5 N–H and O–H groups in total. The van der Waals surface area contributed by atoms with Crippen molar-refractivity contribution >= 4 is 5.91 Å². The van der Waals surface area contributed by atoms with Crippen molar-refractivity contribution in [1.82, 2.24) is 0 Å². The van der Waals surface area contributed by atoms with E-state index in [9.17, 15) is 4.79 Å². The van der Waals surface area contributed by atoms with Gasteiger partial charge in [0.25, 0.3) is 0 Å². The highest BCUT2D eigenvalue weighted by Gasteiger charge is 2.06. The molecule has 0 saturated heterocycles. The molecule has 0 radical (unpaired) electrons. The first-order chi connectivity index (χ1) is 6.15.